The fourth-order valence-electron chi connectivity index (χ4n) is 1.55. The first-order chi connectivity index (χ1) is 10.2. The molecule has 0 aliphatic carbocycles. The van der Waals surface area contributed by atoms with Gasteiger partial charge in [-0.3, -0.25) is 4.79 Å². The van der Waals surface area contributed by atoms with Crippen molar-refractivity contribution in [3.63, 3.8) is 0 Å². The van der Waals surface area contributed by atoms with E-state index in [1.807, 2.05) is 0 Å². The summed E-state index contributed by atoms with van der Waals surface area (Å²) in [5, 5.41) is 9.89. The van der Waals surface area contributed by atoms with Crippen LogP contribution in [0.3, 0.4) is 0 Å². The highest BCUT2D eigenvalue weighted by molar-refractivity contribution is 5.69. The number of aromatic nitrogens is 5. The van der Waals surface area contributed by atoms with Crippen molar-refractivity contribution in [1.29, 1.82) is 0 Å². The fourth-order valence-corrected chi connectivity index (χ4v) is 1.55. The minimum atomic E-state index is -0.264. The third kappa shape index (κ3) is 4.13. The van der Waals surface area contributed by atoms with E-state index in [1.165, 1.54) is 4.68 Å². The van der Waals surface area contributed by atoms with Gasteiger partial charge in [-0.15, -0.1) is 0 Å². The molecule has 21 heavy (non-hydrogen) atoms. The summed E-state index contributed by atoms with van der Waals surface area (Å²) in [5.41, 5.74) is 0. The maximum absolute atomic E-state index is 11.3. The Bertz CT molecular complexity index is 585. The molecule has 2 aromatic heterocycles. The average Bonchev–Trinajstić information content (AvgIpc) is 3.01. The highest BCUT2D eigenvalue weighted by Crippen LogP contribution is 2.08. The molecule has 0 aliphatic heterocycles. The first-order valence-corrected chi connectivity index (χ1v) is 6.56. The largest absolute Gasteiger partial charge is 0.466 e. The lowest BCUT2D eigenvalue weighted by atomic mass is 10.4. The number of rotatable bonds is 7. The van der Waals surface area contributed by atoms with E-state index in [-0.39, 0.29) is 12.4 Å². The van der Waals surface area contributed by atoms with Crippen LogP contribution in [0, 0.1) is 0 Å². The van der Waals surface area contributed by atoms with E-state index in [9.17, 15) is 4.79 Å². The molecule has 2 aromatic rings. The van der Waals surface area contributed by atoms with Crippen LogP contribution in [0.1, 0.15) is 13.3 Å². The van der Waals surface area contributed by atoms with Gasteiger partial charge in [0.1, 0.15) is 0 Å². The lowest BCUT2D eigenvalue weighted by molar-refractivity contribution is -0.142. The molecule has 0 aromatic carbocycles. The Labute approximate surface area is 121 Å². The summed E-state index contributed by atoms with van der Waals surface area (Å²) in [4.78, 5) is 23.9. The van der Waals surface area contributed by atoms with Gasteiger partial charge in [-0.25, -0.2) is 4.68 Å². The van der Waals surface area contributed by atoms with Crippen LogP contribution in [0.2, 0.25) is 0 Å². The van der Waals surface area contributed by atoms with Crippen LogP contribution in [0.25, 0.3) is 5.95 Å². The molecule has 0 aliphatic rings. The summed E-state index contributed by atoms with van der Waals surface area (Å²) in [7, 11) is 1.71. The molecule has 0 radical (unpaired) electrons. The van der Waals surface area contributed by atoms with Crippen LogP contribution < -0.4 is 10.6 Å². The lowest BCUT2D eigenvalue weighted by Gasteiger charge is -2.08. The van der Waals surface area contributed by atoms with Gasteiger partial charge in [0.25, 0.3) is 5.95 Å². The minimum absolute atomic E-state index is 0.242. The van der Waals surface area contributed by atoms with E-state index in [0.29, 0.717) is 31.0 Å². The zero-order valence-corrected chi connectivity index (χ0v) is 11.9. The van der Waals surface area contributed by atoms with Crippen molar-refractivity contribution in [2.45, 2.75) is 13.3 Å². The van der Waals surface area contributed by atoms with Crippen molar-refractivity contribution < 1.29 is 9.53 Å². The van der Waals surface area contributed by atoms with Crippen LogP contribution in [-0.4, -0.2) is 50.9 Å². The fraction of sp³-hybridized carbons (Fsp3) is 0.417. The van der Waals surface area contributed by atoms with Gasteiger partial charge in [0.15, 0.2) is 0 Å². The zero-order valence-electron chi connectivity index (χ0n) is 11.9. The van der Waals surface area contributed by atoms with Gasteiger partial charge >= 0.3 is 5.97 Å². The Morgan fingerprint density at radius 2 is 2.14 bits per heavy atom. The van der Waals surface area contributed by atoms with Crippen LogP contribution in [0.4, 0.5) is 11.9 Å². The molecule has 0 bridgehead atoms. The zero-order chi connectivity index (χ0) is 15.1. The standard InChI is InChI=1S/C12H17N7O2/c1-3-21-9(20)5-7-14-11-16-10(13-2)17-12(18-11)19-8-4-6-15-19/h4,6,8H,3,5,7H2,1-2H3,(H2,13,14,16,17,18). The number of hydrogen-bond donors (Lipinski definition) is 2. The number of esters is 1. The molecule has 112 valence electrons. The second-order valence-electron chi connectivity index (χ2n) is 3.97. The number of carbonyl (C=O) groups excluding carboxylic acids is 1. The monoisotopic (exact) mass is 291 g/mol. The number of nitrogens with zero attached hydrogens (tertiary/aromatic N) is 5. The van der Waals surface area contributed by atoms with Gasteiger partial charge in [0, 0.05) is 26.0 Å². The van der Waals surface area contributed by atoms with Crippen LogP contribution in [0.15, 0.2) is 18.5 Å². The molecule has 2 rings (SSSR count). The number of carbonyl (C=O) groups is 1. The topological polar surface area (TPSA) is 107 Å². The molecule has 0 fully saturated rings. The Morgan fingerprint density at radius 3 is 2.81 bits per heavy atom. The predicted molar refractivity (Wildman–Crippen MR) is 76.2 cm³/mol. The van der Waals surface area contributed by atoms with Gasteiger partial charge in [0.2, 0.25) is 11.9 Å². The Morgan fingerprint density at radius 1 is 1.33 bits per heavy atom. The summed E-state index contributed by atoms with van der Waals surface area (Å²) in [6.07, 6.45) is 3.61. The van der Waals surface area contributed by atoms with Gasteiger partial charge in [-0.1, -0.05) is 0 Å². The van der Waals surface area contributed by atoms with Crippen molar-refractivity contribution in [3.05, 3.63) is 18.5 Å². The lowest BCUT2D eigenvalue weighted by Crippen LogP contribution is -2.15. The van der Waals surface area contributed by atoms with E-state index < -0.39 is 0 Å². The van der Waals surface area contributed by atoms with E-state index in [2.05, 4.69) is 30.7 Å². The third-order valence-electron chi connectivity index (χ3n) is 2.47. The highest BCUT2D eigenvalue weighted by Gasteiger charge is 2.08. The van der Waals surface area contributed by atoms with Crippen molar-refractivity contribution in [3.8, 4) is 5.95 Å². The highest BCUT2D eigenvalue weighted by atomic mass is 16.5. The maximum atomic E-state index is 11.3. The summed E-state index contributed by atoms with van der Waals surface area (Å²) in [5.74, 6) is 0.900. The van der Waals surface area contributed by atoms with E-state index >= 15 is 0 Å². The molecule has 0 spiro atoms. The molecule has 2 heterocycles. The van der Waals surface area contributed by atoms with Gasteiger partial charge in [-0.2, -0.15) is 20.1 Å². The molecule has 9 nitrogen and oxygen atoms in total. The molecule has 0 unspecified atom stereocenters. The number of nitrogens with one attached hydrogen (secondary N) is 2. The second kappa shape index (κ2) is 7.17. The quantitative estimate of drug-likeness (QED) is 0.709. The average molecular weight is 291 g/mol. The van der Waals surface area contributed by atoms with Crippen LogP contribution in [-0.2, 0) is 9.53 Å². The number of anilines is 2. The Balaban J connectivity index is 2.05. The number of ether oxygens (including phenoxy) is 1. The van der Waals surface area contributed by atoms with Crippen molar-refractivity contribution >= 4 is 17.9 Å². The molecule has 9 heteroatoms. The first kappa shape index (κ1) is 14.7. The predicted octanol–water partition coefficient (Wildman–Crippen LogP) is 0.464. The third-order valence-corrected chi connectivity index (χ3v) is 2.47. The number of hydrogen-bond acceptors (Lipinski definition) is 8. The first-order valence-electron chi connectivity index (χ1n) is 6.56. The molecule has 0 saturated heterocycles. The van der Waals surface area contributed by atoms with Gasteiger partial charge in [-0.05, 0) is 13.0 Å². The van der Waals surface area contributed by atoms with Crippen molar-refractivity contribution in [2.24, 2.45) is 0 Å². The van der Waals surface area contributed by atoms with Gasteiger partial charge < -0.3 is 15.4 Å². The van der Waals surface area contributed by atoms with E-state index in [1.54, 1.807) is 32.4 Å². The smallest absolute Gasteiger partial charge is 0.307 e. The molecule has 0 saturated carbocycles. The summed E-state index contributed by atoms with van der Waals surface area (Å²) in [6.45, 7) is 2.52. The van der Waals surface area contributed by atoms with Crippen molar-refractivity contribution in [2.75, 3.05) is 30.8 Å². The molecule has 0 atom stereocenters. The molecular formula is C12H17N7O2. The van der Waals surface area contributed by atoms with Crippen molar-refractivity contribution in [1.82, 2.24) is 24.7 Å². The minimum Gasteiger partial charge on any atom is -0.466 e. The van der Waals surface area contributed by atoms with Gasteiger partial charge in [0.05, 0.1) is 13.0 Å². The Kier molecular flexibility index (Phi) is 5.02. The second-order valence-corrected chi connectivity index (χ2v) is 3.97. The van der Waals surface area contributed by atoms with Crippen LogP contribution in [0.5, 0.6) is 0 Å². The summed E-state index contributed by atoms with van der Waals surface area (Å²) < 4.78 is 6.38. The summed E-state index contributed by atoms with van der Waals surface area (Å²) in [6, 6.07) is 1.77. The maximum Gasteiger partial charge on any atom is 0.307 e. The SMILES string of the molecule is CCOC(=O)CCNc1nc(NC)nc(-n2cccn2)n1. The molecular weight excluding hydrogens is 274 g/mol. The normalized spacial score (nSPS) is 10.2. The van der Waals surface area contributed by atoms with E-state index in [4.69, 9.17) is 4.74 Å². The van der Waals surface area contributed by atoms with Crippen LogP contribution >= 0.6 is 0 Å². The molecule has 2 N–H and O–H groups in total. The van der Waals surface area contributed by atoms with E-state index in [0.717, 1.165) is 0 Å². The molecule has 0 amide bonds. The summed E-state index contributed by atoms with van der Waals surface area (Å²) >= 11 is 0. The Hall–Kier alpha value is -2.71.